The fraction of sp³-hybridized carbons (Fsp3) is 0.188. The first-order chi connectivity index (χ1) is 9.65. The fourth-order valence-corrected chi connectivity index (χ4v) is 1.77. The molecule has 2 aromatic carbocycles. The summed E-state index contributed by atoms with van der Waals surface area (Å²) in [6.45, 7) is 0.702. The summed E-state index contributed by atoms with van der Waals surface area (Å²) in [5.41, 5.74) is 1.89. The van der Waals surface area contributed by atoms with Gasteiger partial charge in [0.15, 0.2) is 0 Å². The van der Waals surface area contributed by atoms with E-state index in [1.165, 1.54) is 4.90 Å². The second kappa shape index (κ2) is 6.61. The SMILES string of the molecule is CN(Cc1ccc(O)cc1)C(=O)OCc1ccccc1. The van der Waals surface area contributed by atoms with Gasteiger partial charge in [0.05, 0.1) is 0 Å². The van der Waals surface area contributed by atoms with Gasteiger partial charge in [-0.3, -0.25) is 0 Å². The molecule has 4 nitrogen and oxygen atoms in total. The minimum absolute atomic E-state index is 0.211. The Morgan fingerprint density at radius 2 is 1.70 bits per heavy atom. The van der Waals surface area contributed by atoms with Crippen molar-refractivity contribution in [3.63, 3.8) is 0 Å². The van der Waals surface area contributed by atoms with Crippen molar-refractivity contribution in [3.05, 3.63) is 65.7 Å². The predicted octanol–water partition coefficient (Wildman–Crippen LogP) is 3.16. The molecule has 0 saturated heterocycles. The molecule has 104 valence electrons. The number of phenols is 1. The van der Waals surface area contributed by atoms with Crippen LogP contribution in [0.1, 0.15) is 11.1 Å². The number of ether oxygens (including phenoxy) is 1. The first kappa shape index (κ1) is 13.9. The second-order valence-corrected chi connectivity index (χ2v) is 4.56. The van der Waals surface area contributed by atoms with Crippen LogP contribution in [0, 0.1) is 0 Å². The Bertz CT molecular complexity index is 552. The molecule has 4 heteroatoms. The third kappa shape index (κ3) is 4.02. The highest BCUT2D eigenvalue weighted by molar-refractivity contribution is 5.67. The van der Waals surface area contributed by atoms with E-state index in [-0.39, 0.29) is 18.4 Å². The van der Waals surface area contributed by atoms with Crippen LogP contribution in [0.25, 0.3) is 0 Å². The topological polar surface area (TPSA) is 49.8 Å². The van der Waals surface area contributed by atoms with Crippen molar-refractivity contribution in [3.8, 4) is 5.75 Å². The van der Waals surface area contributed by atoms with E-state index in [1.807, 2.05) is 30.3 Å². The van der Waals surface area contributed by atoms with Crippen molar-refractivity contribution in [2.24, 2.45) is 0 Å². The zero-order valence-corrected chi connectivity index (χ0v) is 11.3. The van der Waals surface area contributed by atoms with Gasteiger partial charge in [-0.2, -0.15) is 0 Å². The highest BCUT2D eigenvalue weighted by Gasteiger charge is 2.10. The minimum Gasteiger partial charge on any atom is -0.508 e. The van der Waals surface area contributed by atoms with E-state index in [2.05, 4.69) is 0 Å². The summed E-state index contributed by atoms with van der Waals surface area (Å²) in [6.07, 6.45) is -0.373. The first-order valence-corrected chi connectivity index (χ1v) is 6.35. The summed E-state index contributed by atoms with van der Waals surface area (Å²) in [7, 11) is 1.68. The number of benzene rings is 2. The fourth-order valence-electron chi connectivity index (χ4n) is 1.77. The van der Waals surface area contributed by atoms with Gasteiger partial charge in [0.1, 0.15) is 12.4 Å². The van der Waals surface area contributed by atoms with Gasteiger partial charge < -0.3 is 14.7 Å². The lowest BCUT2D eigenvalue weighted by Crippen LogP contribution is -2.26. The number of phenolic OH excluding ortho intramolecular Hbond substituents is 1. The maximum atomic E-state index is 11.8. The van der Waals surface area contributed by atoms with E-state index in [1.54, 1.807) is 31.3 Å². The smallest absolute Gasteiger partial charge is 0.410 e. The monoisotopic (exact) mass is 271 g/mol. The number of rotatable bonds is 4. The van der Waals surface area contributed by atoms with Crippen molar-refractivity contribution in [1.29, 1.82) is 0 Å². The molecule has 0 bridgehead atoms. The van der Waals surface area contributed by atoms with Gasteiger partial charge in [-0.05, 0) is 23.3 Å². The van der Waals surface area contributed by atoms with Crippen molar-refractivity contribution in [2.75, 3.05) is 7.05 Å². The highest BCUT2D eigenvalue weighted by Crippen LogP contribution is 2.12. The molecule has 2 aromatic rings. The number of hydrogen-bond acceptors (Lipinski definition) is 3. The normalized spacial score (nSPS) is 10.1. The molecular weight excluding hydrogens is 254 g/mol. The minimum atomic E-state index is -0.373. The Kier molecular flexibility index (Phi) is 4.60. The standard InChI is InChI=1S/C16H17NO3/c1-17(11-13-7-9-15(18)10-8-13)16(19)20-12-14-5-3-2-4-6-14/h2-10,18H,11-12H2,1H3. The van der Waals surface area contributed by atoms with Crippen molar-refractivity contribution in [1.82, 2.24) is 4.90 Å². The molecule has 0 atom stereocenters. The first-order valence-electron chi connectivity index (χ1n) is 6.35. The average Bonchev–Trinajstić information content (AvgIpc) is 2.48. The molecule has 0 aromatic heterocycles. The van der Waals surface area contributed by atoms with Gasteiger partial charge in [0.25, 0.3) is 0 Å². The van der Waals surface area contributed by atoms with E-state index in [9.17, 15) is 9.90 Å². The van der Waals surface area contributed by atoms with E-state index < -0.39 is 0 Å². The molecule has 1 amide bonds. The third-order valence-corrected chi connectivity index (χ3v) is 2.87. The number of aromatic hydroxyl groups is 1. The van der Waals surface area contributed by atoms with Crippen LogP contribution < -0.4 is 0 Å². The zero-order valence-electron chi connectivity index (χ0n) is 11.3. The van der Waals surface area contributed by atoms with Crippen LogP contribution >= 0.6 is 0 Å². The van der Waals surface area contributed by atoms with Gasteiger partial charge in [0, 0.05) is 13.6 Å². The molecule has 0 aliphatic carbocycles. The Hall–Kier alpha value is -2.49. The molecule has 20 heavy (non-hydrogen) atoms. The summed E-state index contributed by atoms with van der Waals surface area (Å²) >= 11 is 0. The molecule has 0 unspecified atom stereocenters. The Morgan fingerprint density at radius 1 is 1.05 bits per heavy atom. The summed E-state index contributed by atoms with van der Waals surface area (Å²) in [6, 6.07) is 16.3. The summed E-state index contributed by atoms with van der Waals surface area (Å²) in [5, 5.41) is 9.21. The van der Waals surface area contributed by atoms with Gasteiger partial charge in [-0.25, -0.2) is 4.79 Å². The Balaban J connectivity index is 1.84. The molecule has 1 N–H and O–H groups in total. The lowest BCUT2D eigenvalue weighted by Gasteiger charge is -2.17. The molecule has 0 aliphatic heterocycles. The Labute approximate surface area is 118 Å². The van der Waals surface area contributed by atoms with Crippen molar-refractivity contribution in [2.45, 2.75) is 13.2 Å². The third-order valence-electron chi connectivity index (χ3n) is 2.87. The molecule has 0 fully saturated rings. The van der Waals surface area contributed by atoms with Crippen molar-refractivity contribution < 1.29 is 14.6 Å². The summed E-state index contributed by atoms with van der Waals surface area (Å²) in [4.78, 5) is 13.3. The van der Waals surface area contributed by atoms with Gasteiger partial charge in [0.2, 0.25) is 0 Å². The van der Waals surface area contributed by atoms with Crippen molar-refractivity contribution >= 4 is 6.09 Å². The van der Waals surface area contributed by atoms with E-state index >= 15 is 0 Å². The van der Waals surface area contributed by atoms with Crippen LogP contribution in [0.3, 0.4) is 0 Å². The maximum absolute atomic E-state index is 11.8. The maximum Gasteiger partial charge on any atom is 0.410 e. The second-order valence-electron chi connectivity index (χ2n) is 4.56. The largest absolute Gasteiger partial charge is 0.508 e. The molecular formula is C16H17NO3. The van der Waals surface area contributed by atoms with Gasteiger partial charge >= 0.3 is 6.09 Å². The molecule has 0 aliphatic rings. The summed E-state index contributed by atoms with van der Waals surface area (Å²) < 4.78 is 5.22. The quantitative estimate of drug-likeness (QED) is 0.929. The lowest BCUT2D eigenvalue weighted by molar-refractivity contribution is 0.103. The summed E-state index contributed by atoms with van der Waals surface area (Å²) in [5.74, 6) is 0.211. The van der Waals surface area contributed by atoms with Gasteiger partial charge in [-0.15, -0.1) is 0 Å². The van der Waals surface area contributed by atoms with Gasteiger partial charge in [-0.1, -0.05) is 42.5 Å². The molecule has 0 radical (unpaired) electrons. The molecule has 0 heterocycles. The lowest BCUT2D eigenvalue weighted by atomic mass is 10.2. The zero-order chi connectivity index (χ0) is 14.4. The average molecular weight is 271 g/mol. The molecule has 2 rings (SSSR count). The van der Waals surface area contributed by atoms with Crippen LogP contribution in [-0.2, 0) is 17.9 Å². The van der Waals surface area contributed by atoms with E-state index in [0.29, 0.717) is 6.54 Å². The Morgan fingerprint density at radius 3 is 2.35 bits per heavy atom. The number of carbonyl (C=O) groups is 1. The van der Waals surface area contributed by atoms with Crippen LogP contribution in [0.2, 0.25) is 0 Å². The van der Waals surface area contributed by atoms with Crippen LogP contribution in [-0.4, -0.2) is 23.1 Å². The highest BCUT2D eigenvalue weighted by atomic mass is 16.6. The van der Waals surface area contributed by atoms with E-state index in [0.717, 1.165) is 11.1 Å². The molecule has 0 spiro atoms. The number of amides is 1. The number of nitrogens with zero attached hydrogens (tertiary/aromatic N) is 1. The molecule has 0 saturated carbocycles. The number of carbonyl (C=O) groups excluding carboxylic acids is 1. The van der Waals surface area contributed by atoms with Crippen LogP contribution in [0.4, 0.5) is 4.79 Å². The van der Waals surface area contributed by atoms with E-state index in [4.69, 9.17) is 4.74 Å². The number of hydrogen-bond donors (Lipinski definition) is 1. The van der Waals surface area contributed by atoms with Crippen LogP contribution in [0.5, 0.6) is 5.75 Å². The van der Waals surface area contributed by atoms with Crippen LogP contribution in [0.15, 0.2) is 54.6 Å². The predicted molar refractivity (Wildman–Crippen MR) is 76.2 cm³/mol.